The number of primary amides is 1. The third-order valence-electron chi connectivity index (χ3n) is 1.24. The van der Waals surface area contributed by atoms with Gasteiger partial charge < -0.3 is 10.6 Å². The van der Waals surface area contributed by atoms with Crippen LogP contribution in [-0.2, 0) is 9.63 Å². The minimum absolute atomic E-state index is 0.178. The van der Waals surface area contributed by atoms with Crippen LogP contribution in [0.4, 0.5) is 0 Å². The highest BCUT2D eigenvalue weighted by Gasteiger charge is 2.21. The van der Waals surface area contributed by atoms with E-state index in [2.05, 4.69) is 11.7 Å². The first kappa shape index (κ1) is 6.80. The van der Waals surface area contributed by atoms with Gasteiger partial charge in [0.05, 0.1) is 0 Å². The zero-order chi connectivity index (χ0) is 7.56. The average molecular weight is 140 g/mol. The topological polar surface area (TPSA) is 64.7 Å². The van der Waals surface area contributed by atoms with Gasteiger partial charge in [-0.1, -0.05) is 11.7 Å². The van der Waals surface area contributed by atoms with E-state index in [-0.39, 0.29) is 11.8 Å². The summed E-state index contributed by atoms with van der Waals surface area (Å²) >= 11 is 0. The lowest BCUT2D eigenvalue weighted by Crippen LogP contribution is -2.22. The van der Waals surface area contributed by atoms with E-state index in [1.54, 1.807) is 6.08 Å². The van der Waals surface area contributed by atoms with Gasteiger partial charge in [-0.25, -0.2) is 0 Å². The van der Waals surface area contributed by atoms with Crippen LogP contribution in [0.1, 0.15) is 6.42 Å². The van der Waals surface area contributed by atoms with Crippen LogP contribution in [0.25, 0.3) is 0 Å². The summed E-state index contributed by atoms with van der Waals surface area (Å²) in [6.45, 7) is 3.49. The normalized spacial score (nSPS) is 23.2. The molecule has 0 aliphatic carbocycles. The molecular weight excluding hydrogens is 132 g/mol. The fourth-order valence-corrected chi connectivity index (χ4v) is 0.668. The molecule has 0 saturated carbocycles. The van der Waals surface area contributed by atoms with E-state index in [1.165, 1.54) is 0 Å². The summed E-state index contributed by atoms with van der Waals surface area (Å²) in [7, 11) is 0. The maximum absolute atomic E-state index is 10.4. The van der Waals surface area contributed by atoms with Gasteiger partial charge in [0.2, 0.25) is 0 Å². The van der Waals surface area contributed by atoms with E-state index >= 15 is 0 Å². The molecule has 4 heteroatoms. The van der Waals surface area contributed by atoms with Crippen LogP contribution in [0.15, 0.2) is 17.8 Å². The summed E-state index contributed by atoms with van der Waals surface area (Å²) in [5.74, 6) is -0.524. The molecule has 4 nitrogen and oxygen atoms in total. The number of carbonyl (C=O) groups is 1. The maximum Gasteiger partial charge on any atom is 0.266 e. The number of carbonyl (C=O) groups excluding carboxylic acids is 1. The fourth-order valence-electron chi connectivity index (χ4n) is 0.668. The highest BCUT2D eigenvalue weighted by Crippen LogP contribution is 2.09. The first-order chi connectivity index (χ1) is 4.74. The van der Waals surface area contributed by atoms with Crippen molar-refractivity contribution in [2.45, 2.75) is 12.5 Å². The molecule has 1 aliphatic heterocycles. The van der Waals surface area contributed by atoms with Crippen molar-refractivity contribution >= 4 is 11.6 Å². The molecule has 0 aromatic heterocycles. The van der Waals surface area contributed by atoms with Crippen molar-refractivity contribution in [1.82, 2.24) is 0 Å². The van der Waals surface area contributed by atoms with Crippen LogP contribution in [0, 0.1) is 0 Å². The molecule has 0 bridgehead atoms. The van der Waals surface area contributed by atoms with Crippen molar-refractivity contribution in [2.24, 2.45) is 10.9 Å². The van der Waals surface area contributed by atoms with Gasteiger partial charge in [0, 0.05) is 6.42 Å². The molecule has 1 amide bonds. The minimum atomic E-state index is -0.524. The van der Waals surface area contributed by atoms with E-state index in [1.807, 2.05) is 0 Å². The number of hydrogen-bond acceptors (Lipinski definition) is 3. The van der Waals surface area contributed by atoms with Crippen LogP contribution in [0.2, 0.25) is 0 Å². The molecule has 1 heterocycles. The van der Waals surface area contributed by atoms with Crippen LogP contribution < -0.4 is 5.73 Å². The highest BCUT2D eigenvalue weighted by molar-refractivity contribution is 6.38. The number of amides is 1. The molecule has 54 valence electrons. The summed E-state index contributed by atoms with van der Waals surface area (Å²) < 4.78 is 0. The Morgan fingerprint density at radius 1 is 2.00 bits per heavy atom. The molecule has 0 spiro atoms. The van der Waals surface area contributed by atoms with Crippen LogP contribution in [0.5, 0.6) is 0 Å². The molecule has 0 saturated heterocycles. The van der Waals surface area contributed by atoms with Crippen LogP contribution in [0.3, 0.4) is 0 Å². The van der Waals surface area contributed by atoms with Crippen molar-refractivity contribution in [2.75, 3.05) is 0 Å². The second-order valence-corrected chi connectivity index (χ2v) is 1.99. The smallest absolute Gasteiger partial charge is 0.266 e. The Bertz CT molecular complexity index is 198. The summed E-state index contributed by atoms with van der Waals surface area (Å²) in [4.78, 5) is 15.2. The quantitative estimate of drug-likeness (QED) is 0.540. The molecule has 1 atom stereocenters. The SMILES string of the molecule is C=CC1CC(C(N)=O)=NO1. The summed E-state index contributed by atoms with van der Waals surface area (Å²) in [5.41, 5.74) is 5.21. The Balaban J connectivity index is 2.54. The molecule has 0 aromatic carbocycles. The van der Waals surface area contributed by atoms with Crippen molar-refractivity contribution < 1.29 is 9.63 Å². The first-order valence-electron chi connectivity index (χ1n) is 2.89. The van der Waals surface area contributed by atoms with Gasteiger partial charge >= 0.3 is 0 Å². The lowest BCUT2D eigenvalue weighted by atomic mass is 10.2. The van der Waals surface area contributed by atoms with Gasteiger partial charge in [0.1, 0.15) is 5.71 Å². The molecule has 1 unspecified atom stereocenters. The van der Waals surface area contributed by atoms with Gasteiger partial charge in [-0.3, -0.25) is 4.79 Å². The third-order valence-corrected chi connectivity index (χ3v) is 1.24. The second kappa shape index (κ2) is 2.51. The van der Waals surface area contributed by atoms with E-state index in [4.69, 9.17) is 10.6 Å². The van der Waals surface area contributed by atoms with Gasteiger partial charge in [-0.05, 0) is 6.08 Å². The van der Waals surface area contributed by atoms with Gasteiger partial charge in [0.25, 0.3) is 5.91 Å². The Morgan fingerprint density at radius 3 is 3.00 bits per heavy atom. The number of nitrogens with two attached hydrogens (primary N) is 1. The standard InChI is InChI=1S/C6H8N2O2/c1-2-4-3-5(6(7)9)8-10-4/h2,4H,1,3H2,(H2,7,9). The molecule has 0 fully saturated rings. The summed E-state index contributed by atoms with van der Waals surface area (Å²) in [5, 5.41) is 3.46. The molecule has 1 aliphatic rings. The van der Waals surface area contributed by atoms with Crippen molar-refractivity contribution in [3.05, 3.63) is 12.7 Å². The van der Waals surface area contributed by atoms with E-state index in [0.717, 1.165) is 0 Å². The largest absolute Gasteiger partial charge is 0.387 e. The van der Waals surface area contributed by atoms with Crippen molar-refractivity contribution in [1.29, 1.82) is 0 Å². The zero-order valence-electron chi connectivity index (χ0n) is 5.41. The second-order valence-electron chi connectivity index (χ2n) is 1.99. The van der Waals surface area contributed by atoms with Gasteiger partial charge in [-0.15, -0.1) is 0 Å². The van der Waals surface area contributed by atoms with Gasteiger partial charge in [-0.2, -0.15) is 0 Å². The molecule has 0 radical (unpaired) electrons. The third kappa shape index (κ3) is 1.15. The number of nitrogens with zero attached hydrogens (tertiary/aromatic N) is 1. The van der Waals surface area contributed by atoms with Crippen molar-refractivity contribution in [3.8, 4) is 0 Å². The van der Waals surface area contributed by atoms with E-state index in [0.29, 0.717) is 6.42 Å². The number of hydrogen-bond donors (Lipinski definition) is 1. The average Bonchev–Trinajstić information content (AvgIpc) is 2.34. The molecule has 1 rings (SSSR count). The first-order valence-corrected chi connectivity index (χ1v) is 2.89. The Hall–Kier alpha value is -1.32. The summed E-state index contributed by atoms with van der Waals surface area (Å²) in [6, 6.07) is 0. The molecule has 2 N–H and O–H groups in total. The predicted molar refractivity (Wildman–Crippen MR) is 36.3 cm³/mol. The van der Waals surface area contributed by atoms with Crippen molar-refractivity contribution in [3.63, 3.8) is 0 Å². The number of oxime groups is 1. The van der Waals surface area contributed by atoms with E-state index in [9.17, 15) is 4.79 Å². The Morgan fingerprint density at radius 2 is 2.70 bits per heavy atom. The van der Waals surface area contributed by atoms with Crippen LogP contribution >= 0.6 is 0 Å². The lowest BCUT2D eigenvalue weighted by molar-refractivity contribution is -0.112. The van der Waals surface area contributed by atoms with E-state index < -0.39 is 5.91 Å². The lowest BCUT2D eigenvalue weighted by Gasteiger charge is -1.96. The fraction of sp³-hybridized carbons (Fsp3) is 0.333. The highest BCUT2D eigenvalue weighted by atomic mass is 16.6. The zero-order valence-corrected chi connectivity index (χ0v) is 5.41. The summed E-state index contributed by atoms with van der Waals surface area (Å²) in [6.07, 6.45) is 1.85. The predicted octanol–water partition coefficient (Wildman–Crippen LogP) is -0.197. The molecular formula is C6H8N2O2. The monoisotopic (exact) mass is 140 g/mol. The molecule has 10 heavy (non-hydrogen) atoms. The van der Waals surface area contributed by atoms with Gasteiger partial charge in [0.15, 0.2) is 6.10 Å². The Kier molecular flexibility index (Phi) is 1.71. The minimum Gasteiger partial charge on any atom is -0.387 e. The van der Waals surface area contributed by atoms with Crippen LogP contribution in [-0.4, -0.2) is 17.7 Å². The number of rotatable bonds is 2. The Labute approximate surface area is 58.3 Å². The molecule has 0 aromatic rings. The maximum atomic E-state index is 10.4.